The summed E-state index contributed by atoms with van der Waals surface area (Å²) >= 11 is 1.36. The van der Waals surface area contributed by atoms with Crippen molar-refractivity contribution in [1.82, 2.24) is 10.3 Å². The van der Waals surface area contributed by atoms with Gasteiger partial charge in [-0.05, 0) is 19.1 Å². The highest BCUT2D eigenvalue weighted by Crippen LogP contribution is 2.45. The van der Waals surface area contributed by atoms with Crippen LogP contribution in [0.3, 0.4) is 0 Å². The zero-order valence-corrected chi connectivity index (χ0v) is 12.9. The van der Waals surface area contributed by atoms with Gasteiger partial charge < -0.3 is 14.8 Å². The minimum atomic E-state index is -1.71. The maximum absolute atomic E-state index is 12.1. The molecule has 2 aromatic rings. The number of thiazole rings is 1. The molecule has 9 heteroatoms. The highest BCUT2D eigenvalue weighted by atomic mass is 32.1. The first-order valence-corrected chi connectivity index (χ1v) is 7.69. The summed E-state index contributed by atoms with van der Waals surface area (Å²) in [5.41, 5.74) is -1.15. The number of nitrogens with zero attached hydrogens (tertiary/aromatic N) is 2. The summed E-state index contributed by atoms with van der Waals surface area (Å²) < 4.78 is 11.6. The van der Waals surface area contributed by atoms with E-state index < -0.39 is 5.59 Å². The van der Waals surface area contributed by atoms with Gasteiger partial charge in [-0.2, -0.15) is 0 Å². The lowest BCUT2D eigenvalue weighted by Gasteiger charge is -2.18. The van der Waals surface area contributed by atoms with Gasteiger partial charge in [0.25, 0.3) is 0 Å². The SMILES string of the molecule is [B]C1([B])Oc2ccc3sc(N4C(=O)NC[C@H]4C#CC)nc3c2O1. The zero-order chi connectivity index (χ0) is 16.2. The molecule has 0 saturated carbocycles. The number of ether oxygens (including phenoxy) is 2. The summed E-state index contributed by atoms with van der Waals surface area (Å²) in [5, 5.41) is 3.30. The number of rotatable bonds is 1. The van der Waals surface area contributed by atoms with Crippen molar-refractivity contribution in [1.29, 1.82) is 0 Å². The summed E-state index contributed by atoms with van der Waals surface area (Å²) in [7, 11) is 11.3. The van der Waals surface area contributed by atoms with E-state index in [0.717, 1.165) is 4.70 Å². The first-order chi connectivity index (χ1) is 11.0. The summed E-state index contributed by atoms with van der Waals surface area (Å²) in [6.45, 7) is 2.20. The van der Waals surface area contributed by atoms with Crippen molar-refractivity contribution in [3.8, 4) is 23.3 Å². The van der Waals surface area contributed by atoms with Gasteiger partial charge in [0.1, 0.15) is 11.6 Å². The van der Waals surface area contributed by atoms with Gasteiger partial charge in [-0.15, -0.1) is 5.92 Å². The summed E-state index contributed by atoms with van der Waals surface area (Å²) in [6, 6.07) is 3.07. The Bertz CT molecular complexity index is 887. The van der Waals surface area contributed by atoms with Gasteiger partial charge in [0.2, 0.25) is 0 Å². The summed E-state index contributed by atoms with van der Waals surface area (Å²) in [6.07, 6.45) is 0. The lowest BCUT2D eigenvalue weighted by atomic mass is 9.76. The molecule has 2 amide bonds. The lowest BCUT2D eigenvalue weighted by molar-refractivity contribution is 0.0840. The smallest absolute Gasteiger partial charge is 0.324 e. The maximum atomic E-state index is 12.1. The Morgan fingerprint density at radius 1 is 1.48 bits per heavy atom. The highest BCUT2D eigenvalue weighted by molar-refractivity contribution is 7.22. The van der Waals surface area contributed by atoms with Crippen LogP contribution in [0.5, 0.6) is 11.5 Å². The van der Waals surface area contributed by atoms with Crippen molar-refractivity contribution >= 4 is 48.4 Å². The first kappa shape index (κ1) is 14.3. The summed E-state index contributed by atoms with van der Waals surface area (Å²) in [5.74, 6) is 6.64. The van der Waals surface area contributed by atoms with E-state index in [9.17, 15) is 4.79 Å². The predicted molar refractivity (Wildman–Crippen MR) is 88.2 cm³/mol. The van der Waals surface area contributed by atoms with Crippen LogP contribution in [0.4, 0.5) is 9.93 Å². The standard InChI is InChI=1S/C14H9B2N3O3S/c1-2-3-7-6-17-12(20)19(7)13-18-10-9(23-13)5-4-8-11(10)22-14(15,16)21-8/h4-5,7H,6H2,1H3,(H,17,20)/t7-/m1/s1. The Labute approximate surface area is 139 Å². The molecule has 23 heavy (non-hydrogen) atoms. The van der Waals surface area contributed by atoms with Crippen LogP contribution >= 0.6 is 11.3 Å². The number of nitrogens with one attached hydrogen (secondary N) is 1. The van der Waals surface area contributed by atoms with Gasteiger partial charge in [-0.25, -0.2) is 9.78 Å². The number of urea groups is 1. The molecule has 1 aromatic carbocycles. The molecule has 4 rings (SSSR count). The maximum Gasteiger partial charge on any atom is 0.324 e. The monoisotopic (exact) mass is 321 g/mol. The molecule has 110 valence electrons. The quantitative estimate of drug-likeness (QED) is 0.627. The Morgan fingerprint density at radius 3 is 3.09 bits per heavy atom. The molecular formula is C14H9B2N3O3S. The molecule has 2 aliphatic heterocycles. The number of carbonyl (C=O) groups excluding carboxylic acids is 1. The van der Waals surface area contributed by atoms with Crippen molar-refractivity contribution in [2.75, 3.05) is 11.4 Å². The third-order valence-electron chi connectivity index (χ3n) is 3.49. The normalized spacial score (nSPS) is 21.2. The van der Waals surface area contributed by atoms with Crippen LogP contribution in [0.15, 0.2) is 12.1 Å². The number of benzene rings is 1. The molecule has 1 saturated heterocycles. The van der Waals surface area contributed by atoms with Crippen LogP contribution in [0.25, 0.3) is 10.2 Å². The fourth-order valence-corrected chi connectivity index (χ4v) is 3.59. The molecule has 2 aliphatic rings. The van der Waals surface area contributed by atoms with Crippen molar-refractivity contribution < 1.29 is 14.3 Å². The third-order valence-corrected chi connectivity index (χ3v) is 4.51. The molecule has 1 aromatic heterocycles. The molecule has 3 heterocycles. The van der Waals surface area contributed by atoms with Gasteiger partial charge in [-0.3, -0.25) is 4.90 Å². The Balaban J connectivity index is 1.81. The summed E-state index contributed by atoms with van der Waals surface area (Å²) in [4.78, 5) is 18.1. The van der Waals surface area contributed by atoms with Crippen LogP contribution in [0.1, 0.15) is 6.92 Å². The Hall–Kier alpha value is -2.33. The molecule has 4 radical (unpaired) electrons. The van der Waals surface area contributed by atoms with Crippen molar-refractivity contribution in [3.05, 3.63) is 12.1 Å². The molecule has 1 atom stereocenters. The number of aromatic nitrogens is 1. The van der Waals surface area contributed by atoms with Gasteiger partial charge >= 0.3 is 6.03 Å². The van der Waals surface area contributed by atoms with E-state index in [-0.39, 0.29) is 12.1 Å². The first-order valence-electron chi connectivity index (χ1n) is 6.87. The largest absolute Gasteiger partial charge is 0.468 e. The Kier molecular flexibility index (Phi) is 3.00. The van der Waals surface area contributed by atoms with E-state index in [1.54, 1.807) is 17.9 Å². The van der Waals surface area contributed by atoms with E-state index in [1.165, 1.54) is 11.3 Å². The van der Waals surface area contributed by atoms with Gasteiger partial charge in [-0.1, -0.05) is 17.3 Å². The van der Waals surface area contributed by atoms with Crippen LogP contribution in [-0.4, -0.2) is 44.9 Å². The fraction of sp³-hybridized carbons (Fsp3) is 0.286. The van der Waals surface area contributed by atoms with Crippen molar-refractivity contribution in [3.63, 3.8) is 0 Å². The minimum Gasteiger partial charge on any atom is -0.468 e. The molecule has 0 unspecified atom stereocenters. The van der Waals surface area contributed by atoms with E-state index in [2.05, 4.69) is 22.1 Å². The molecule has 1 fully saturated rings. The van der Waals surface area contributed by atoms with Crippen LogP contribution in [-0.2, 0) is 0 Å². The molecule has 6 nitrogen and oxygen atoms in total. The second-order valence-corrected chi connectivity index (χ2v) is 6.14. The second kappa shape index (κ2) is 4.83. The van der Waals surface area contributed by atoms with Crippen LogP contribution in [0.2, 0.25) is 0 Å². The number of fused-ring (bicyclic) bond motifs is 3. The molecule has 0 aliphatic carbocycles. The number of hydrogen-bond donors (Lipinski definition) is 1. The number of anilines is 1. The van der Waals surface area contributed by atoms with Gasteiger partial charge in [0.15, 0.2) is 37.9 Å². The minimum absolute atomic E-state index is 0.224. The topological polar surface area (TPSA) is 63.7 Å². The van der Waals surface area contributed by atoms with Crippen LogP contribution in [0, 0.1) is 11.8 Å². The van der Waals surface area contributed by atoms with Crippen molar-refractivity contribution in [2.45, 2.75) is 18.6 Å². The molecule has 0 spiro atoms. The van der Waals surface area contributed by atoms with E-state index >= 15 is 0 Å². The molecular weight excluding hydrogens is 312 g/mol. The second-order valence-electron chi connectivity index (χ2n) is 5.13. The van der Waals surface area contributed by atoms with Crippen molar-refractivity contribution in [2.24, 2.45) is 0 Å². The predicted octanol–water partition coefficient (Wildman–Crippen LogP) is 0.937. The number of carbonyl (C=O) groups is 1. The number of amides is 2. The fourth-order valence-electron chi connectivity index (χ4n) is 2.58. The lowest BCUT2D eigenvalue weighted by Crippen LogP contribution is -2.39. The zero-order valence-electron chi connectivity index (χ0n) is 12.1. The molecule has 1 N–H and O–H groups in total. The third kappa shape index (κ3) is 2.21. The highest BCUT2D eigenvalue weighted by Gasteiger charge is 2.36. The van der Waals surface area contributed by atoms with E-state index in [0.29, 0.717) is 28.7 Å². The average molecular weight is 321 g/mol. The van der Waals surface area contributed by atoms with E-state index in [1.807, 2.05) is 6.07 Å². The van der Waals surface area contributed by atoms with Gasteiger partial charge in [0.05, 0.1) is 11.2 Å². The van der Waals surface area contributed by atoms with E-state index in [4.69, 9.17) is 25.2 Å². The molecule has 0 bridgehead atoms. The number of hydrogen-bond acceptors (Lipinski definition) is 5. The van der Waals surface area contributed by atoms with Crippen LogP contribution < -0.4 is 19.7 Å². The van der Waals surface area contributed by atoms with Gasteiger partial charge in [0, 0.05) is 0 Å². The Morgan fingerprint density at radius 2 is 2.30 bits per heavy atom. The average Bonchev–Trinajstić information content (AvgIpc) is 3.13.